The van der Waals surface area contributed by atoms with Gasteiger partial charge in [-0.15, -0.1) is 0 Å². The molecule has 0 aromatic heterocycles. The second-order valence-electron chi connectivity index (χ2n) is 4.16. The molecule has 1 saturated heterocycles. The van der Waals surface area contributed by atoms with Crippen LogP contribution < -0.4 is 0 Å². The molecule has 3 atom stereocenters. The third kappa shape index (κ3) is 1.95. The van der Waals surface area contributed by atoms with Gasteiger partial charge in [0.1, 0.15) is 11.6 Å². The summed E-state index contributed by atoms with van der Waals surface area (Å²) in [4.78, 5) is 0. The maximum absolute atomic E-state index is 13.6. The van der Waals surface area contributed by atoms with E-state index in [1.807, 2.05) is 6.92 Å². The number of halogens is 2. The molecular formula is C12H14F2O2. The predicted octanol–water partition coefficient (Wildman–Crippen LogP) is 2.08. The van der Waals surface area contributed by atoms with E-state index in [1.54, 1.807) is 0 Å². The Hall–Kier alpha value is -1.00. The summed E-state index contributed by atoms with van der Waals surface area (Å²) in [6.45, 7) is 2.17. The van der Waals surface area contributed by atoms with Crippen LogP contribution >= 0.6 is 0 Å². The molecule has 0 aliphatic carbocycles. The van der Waals surface area contributed by atoms with Crippen molar-refractivity contribution in [2.45, 2.75) is 18.9 Å². The number of ether oxygens (including phenoxy) is 1. The zero-order valence-corrected chi connectivity index (χ0v) is 8.99. The summed E-state index contributed by atoms with van der Waals surface area (Å²) in [5.41, 5.74) is 0.421. The van der Waals surface area contributed by atoms with Crippen molar-refractivity contribution in [2.75, 3.05) is 13.2 Å². The molecule has 16 heavy (non-hydrogen) atoms. The Morgan fingerprint density at radius 3 is 2.81 bits per heavy atom. The molecule has 0 radical (unpaired) electrons. The monoisotopic (exact) mass is 228 g/mol. The highest BCUT2D eigenvalue weighted by Crippen LogP contribution is 2.36. The summed E-state index contributed by atoms with van der Waals surface area (Å²) in [5, 5.41) is 9.24. The zero-order valence-electron chi connectivity index (χ0n) is 8.99. The average Bonchev–Trinajstić information content (AvgIpc) is 2.59. The van der Waals surface area contributed by atoms with Crippen LogP contribution in [-0.2, 0) is 4.74 Å². The Balaban J connectivity index is 2.30. The van der Waals surface area contributed by atoms with Gasteiger partial charge in [0, 0.05) is 24.5 Å². The lowest BCUT2D eigenvalue weighted by atomic mass is 9.86. The van der Waals surface area contributed by atoms with Gasteiger partial charge >= 0.3 is 0 Å². The van der Waals surface area contributed by atoms with Gasteiger partial charge in [-0.25, -0.2) is 8.78 Å². The lowest BCUT2D eigenvalue weighted by molar-refractivity contribution is 0.0863. The molecule has 88 valence electrons. The second kappa shape index (κ2) is 4.47. The number of aliphatic hydroxyl groups excluding tert-OH is 1. The molecule has 1 aromatic carbocycles. The molecule has 1 N–H and O–H groups in total. The quantitative estimate of drug-likeness (QED) is 0.839. The van der Waals surface area contributed by atoms with Crippen molar-refractivity contribution in [3.8, 4) is 0 Å². The maximum atomic E-state index is 13.6. The SMILES string of the molecule is C[C@H]1OC[C@H](c2ccc(F)cc2F)[C@@H]1CO. The highest BCUT2D eigenvalue weighted by molar-refractivity contribution is 5.24. The van der Waals surface area contributed by atoms with Gasteiger partial charge in [-0.2, -0.15) is 0 Å². The van der Waals surface area contributed by atoms with Crippen LogP contribution in [0.5, 0.6) is 0 Å². The molecule has 2 nitrogen and oxygen atoms in total. The number of hydrogen-bond acceptors (Lipinski definition) is 2. The Morgan fingerprint density at radius 1 is 1.44 bits per heavy atom. The van der Waals surface area contributed by atoms with E-state index in [2.05, 4.69) is 0 Å². The van der Waals surface area contributed by atoms with E-state index < -0.39 is 11.6 Å². The smallest absolute Gasteiger partial charge is 0.129 e. The molecule has 0 bridgehead atoms. The lowest BCUT2D eigenvalue weighted by Crippen LogP contribution is -2.21. The van der Waals surface area contributed by atoms with Gasteiger partial charge in [0.25, 0.3) is 0 Å². The van der Waals surface area contributed by atoms with Gasteiger partial charge in [0.15, 0.2) is 0 Å². The summed E-state index contributed by atoms with van der Waals surface area (Å²) in [7, 11) is 0. The minimum absolute atomic E-state index is 0.0529. The van der Waals surface area contributed by atoms with Gasteiger partial charge in [0.05, 0.1) is 12.7 Å². The van der Waals surface area contributed by atoms with Crippen molar-refractivity contribution >= 4 is 0 Å². The fraction of sp³-hybridized carbons (Fsp3) is 0.500. The van der Waals surface area contributed by atoms with Crippen molar-refractivity contribution in [2.24, 2.45) is 5.92 Å². The number of benzene rings is 1. The second-order valence-corrected chi connectivity index (χ2v) is 4.16. The van der Waals surface area contributed by atoms with E-state index in [-0.39, 0.29) is 24.5 Å². The Morgan fingerprint density at radius 2 is 2.19 bits per heavy atom. The minimum atomic E-state index is -0.589. The summed E-state index contributed by atoms with van der Waals surface area (Å²) < 4.78 is 31.7. The zero-order chi connectivity index (χ0) is 11.7. The fourth-order valence-corrected chi connectivity index (χ4v) is 2.23. The van der Waals surface area contributed by atoms with Gasteiger partial charge in [0.2, 0.25) is 0 Å². The lowest BCUT2D eigenvalue weighted by Gasteiger charge is -2.18. The van der Waals surface area contributed by atoms with Crippen molar-refractivity contribution in [1.29, 1.82) is 0 Å². The first-order valence-corrected chi connectivity index (χ1v) is 5.31. The first-order valence-electron chi connectivity index (χ1n) is 5.31. The van der Waals surface area contributed by atoms with Crippen molar-refractivity contribution in [3.05, 3.63) is 35.4 Å². The highest BCUT2D eigenvalue weighted by Gasteiger charge is 2.36. The van der Waals surface area contributed by atoms with Crippen LogP contribution in [0.15, 0.2) is 18.2 Å². The molecule has 1 fully saturated rings. The van der Waals surface area contributed by atoms with Crippen LogP contribution in [0.25, 0.3) is 0 Å². The predicted molar refractivity (Wildman–Crippen MR) is 55.1 cm³/mol. The largest absolute Gasteiger partial charge is 0.396 e. The average molecular weight is 228 g/mol. The molecule has 0 amide bonds. The summed E-state index contributed by atoms with van der Waals surface area (Å²) in [5.74, 6) is -1.48. The Bertz CT molecular complexity index is 381. The molecule has 0 saturated carbocycles. The molecule has 1 aliphatic rings. The maximum Gasteiger partial charge on any atom is 0.129 e. The first kappa shape index (κ1) is 11.5. The third-order valence-electron chi connectivity index (χ3n) is 3.23. The van der Waals surface area contributed by atoms with E-state index in [0.717, 1.165) is 6.07 Å². The molecule has 1 aromatic rings. The van der Waals surface area contributed by atoms with Gasteiger partial charge in [-0.3, -0.25) is 0 Å². The molecule has 2 rings (SSSR count). The van der Waals surface area contributed by atoms with E-state index in [0.29, 0.717) is 12.2 Å². The van der Waals surface area contributed by atoms with Crippen molar-refractivity contribution < 1.29 is 18.6 Å². The van der Waals surface area contributed by atoms with Crippen LogP contribution in [0.1, 0.15) is 18.4 Å². The van der Waals surface area contributed by atoms with Crippen molar-refractivity contribution in [1.82, 2.24) is 0 Å². The third-order valence-corrected chi connectivity index (χ3v) is 3.23. The Labute approximate surface area is 92.9 Å². The van der Waals surface area contributed by atoms with E-state index in [4.69, 9.17) is 4.74 Å². The summed E-state index contributed by atoms with van der Waals surface area (Å²) in [6.07, 6.45) is -0.0977. The molecule has 4 heteroatoms. The Kier molecular flexibility index (Phi) is 3.21. The van der Waals surface area contributed by atoms with Crippen LogP contribution in [0.3, 0.4) is 0 Å². The van der Waals surface area contributed by atoms with Gasteiger partial charge < -0.3 is 9.84 Å². The molecule has 1 aliphatic heterocycles. The topological polar surface area (TPSA) is 29.5 Å². The van der Waals surface area contributed by atoms with Gasteiger partial charge in [-0.1, -0.05) is 6.07 Å². The molecular weight excluding hydrogens is 214 g/mol. The summed E-state index contributed by atoms with van der Waals surface area (Å²) in [6, 6.07) is 3.53. The first-order chi connectivity index (χ1) is 7.63. The molecule has 1 heterocycles. The minimum Gasteiger partial charge on any atom is -0.396 e. The number of rotatable bonds is 2. The number of hydrogen-bond donors (Lipinski definition) is 1. The van der Waals surface area contributed by atoms with E-state index in [1.165, 1.54) is 12.1 Å². The van der Waals surface area contributed by atoms with Crippen LogP contribution in [-0.4, -0.2) is 24.4 Å². The summed E-state index contributed by atoms with van der Waals surface area (Å²) >= 11 is 0. The normalized spacial score (nSPS) is 29.6. The van der Waals surface area contributed by atoms with Crippen LogP contribution in [0, 0.1) is 17.6 Å². The highest BCUT2D eigenvalue weighted by atomic mass is 19.1. The van der Waals surface area contributed by atoms with Crippen LogP contribution in [0.2, 0.25) is 0 Å². The van der Waals surface area contributed by atoms with Gasteiger partial charge in [-0.05, 0) is 18.6 Å². The fourth-order valence-electron chi connectivity index (χ4n) is 2.23. The van der Waals surface area contributed by atoms with E-state index >= 15 is 0 Å². The van der Waals surface area contributed by atoms with E-state index in [9.17, 15) is 13.9 Å². The number of aliphatic hydroxyl groups is 1. The van der Waals surface area contributed by atoms with Crippen LogP contribution in [0.4, 0.5) is 8.78 Å². The standard InChI is InChI=1S/C12H14F2O2/c1-7-10(5-15)11(6-16-7)9-3-2-8(13)4-12(9)14/h2-4,7,10-11,15H,5-6H2,1H3/t7-,10-,11-/m1/s1. The molecule has 0 spiro atoms. The molecule has 0 unspecified atom stereocenters. The van der Waals surface area contributed by atoms with Crippen molar-refractivity contribution in [3.63, 3.8) is 0 Å².